The van der Waals surface area contributed by atoms with Crippen LogP contribution < -0.4 is 0 Å². The molecule has 18 heavy (non-hydrogen) atoms. The van der Waals surface area contributed by atoms with E-state index in [4.69, 9.17) is 11.5 Å². The molecule has 0 unspecified atom stereocenters. The van der Waals surface area contributed by atoms with Crippen LogP contribution in [0.1, 0.15) is 25.7 Å². The summed E-state index contributed by atoms with van der Waals surface area (Å²) < 4.78 is 0. The van der Waals surface area contributed by atoms with E-state index in [0.717, 1.165) is 26.2 Å². The molecule has 1 rings (SSSR count). The zero-order valence-corrected chi connectivity index (χ0v) is 10.6. The van der Waals surface area contributed by atoms with E-state index in [2.05, 4.69) is 10.8 Å². The summed E-state index contributed by atoms with van der Waals surface area (Å²) in [4.78, 5) is 26.1. The van der Waals surface area contributed by atoms with Gasteiger partial charge in [0.05, 0.1) is 6.54 Å². The van der Waals surface area contributed by atoms with Crippen molar-refractivity contribution >= 4 is 11.9 Å². The van der Waals surface area contributed by atoms with Crippen molar-refractivity contribution in [3.63, 3.8) is 0 Å². The topological polar surface area (TPSA) is 60.9 Å². The molecule has 0 aromatic rings. The Kier molecular flexibility index (Phi) is 6.23. The van der Waals surface area contributed by atoms with Gasteiger partial charge in [-0.2, -0.15) is 0 Å². The fraction of sp³-hybridized carbons (Fsp3) is 0.692. The molecule has 5 heteroatoms. The Morgan fingerprint density at radius 2 is 1.72 bits per heavy atom. The third-order valence-corrected chi connectivity index (χ3v) is 3.07. The molecule has 1 fully saturated rings. The Morgan fingerprint density at radius 3 is 2.28 bits per heavy atom. The lowest BCUT2D eigenvalue weighted by Crippen LogP contribution is -2.48. The SMILES string of the molecule is C#CCN1CCN(C(=O)CCCCC(=O)O)CC1. The molecule has 0 aliphatic carbocycles. The van der Waals surface area contributed by atoms with E-state index in [1.807, 2.05) is 4.90 Å². The maximum absolute atomic E-state index is 11.8. The van der Waals surface area contributed by atoms with E-state index in [1.54, 1.807) is 0 Å². The number of nitrogens with zero attached hydrogens (tertiary/aromatic N) is 2. The van der Waals surface area contributed by atoms with Crippen molar-refractivity contribution < 1.29 is 14.7 Å². The normalized spacial score (nSPS) is 16.3. The van der Waals surface area contributed by atoms with E-state index in [0.29, 0.717) is 25.8 Å². The van der Waals surface area contributed by atoms with Crippen LogP contribution in [0.2, 0.25) is 0 Å². The van der Waals surface area contributed by atoms with Crippen LogP contribution in [-0.4, -0.2) is 59.5 Å². The maximum Gasteiger partial charge on any atom is 0.303 e. The van der Waals surface area contributed by atoms with Crippen LogP contribution in [0.15, 0.2) is 0 Å². The highest BCUT2D eigenvalue weighted by Gasteiger charge is 2.19. The fourth-order valence-electron chi connectivity index (χ4n) is 2.00. The summed E-state index contributed by atoms with van der Waals surface area (Å²) in [5.41, 5.74) is 0. The van der Waals surface area contributed by atoms with Gasteiger partial charge in [-0.3, -0.25) is 14.5 Å². The molecule has 1 aliphatic heterocycles. The number of terminal acetylenes is 1. The van der Waals surface area contributed by atoms with Crippen molar-refractivity contribution in [3.05, 3.63) is 0 Å². The van der Waals surface area contributed by atoms with Gasteiger partial charge in [0, 0.05) is 39.0 Å². The summed E-state index contributed by atoms with van der Waals surface area (Å²) >= 11 is 0. The zero-order chi connectivity index (χ0) is 13.4. The molecule has 0 spiro atoms. The standard InChI is InChI=1S/C13H20N2O3/c1-2-7-14-8-10-15(11-9-14)12(16)5-3-4-6-13(17)18/h1H,3-11H2,(H,17,18). The molecule has 1 aliphatic rings. The molecule has 0 aromatic carbocycles. The Bertz CT molecular complexity index is 328. The molecule has 0 bridgehead atoms. The predicted molar refractivity (Wildman–Crippen MR) is 68.0 cm³/mol. The molecule has 5 nitrogen and oxygen atoms in total. The molecular weight excluding hydrogens is 232 g/mol. The second-order valence-electron chi connectivity index (χ2n) is 4.46. The number of rotatable bonds is 6. The number of carbonyl (C=O) groups excluding carboxylic acids is 1. The van der Waals surface area contributed by atoms with E-state index in [1.165, 1.54) is 0 Å². The highest BCUT2D eigenvalue weighted by Crippen LogP contribution is 2.07. The molecule has 1 heterocycles. The lowest BCUT2D eigenvalue weighted by atomic mass is 10.1. The smallest absolute Gasteiger partial charge is 0.303 e. The van der Waals surface area contributed by atoms with Gasteiger partial charge in [-0.25, -0.2) is 0 Å². The average molecular weight is 252 g/mol. The van der Waals surface area contributed by atoms with Gasteiger partial charge in [0.25, 0.3) is 0 Å². The summed E-state index contributed by atoms with van der Waals surface area (Å²) in [7, 11) is 0. The Hall–Kier alpha value is -1.54. The van der Waals surface area contributed by atoms with Gasteiger partial charge < -0.3 is 10.0 Å². The largest absolute Gasteiger partial charge is 0.481 e. The molecule has 100 valence electrons. The number of unbranched alkanes of at least 4 members (excludes halogenated alkanes) is 1. The number of hydrogen-bond donors (Lipinski definition) is 1. The summed E-state index contributed by atoms with van der Waals surface area (Å²) in [5.74, 6) is 1.93. The summed E-state index contributed by atoms with van der Waals surface area (Å²) in [6, 6.07) is 0. The molecule has 1 saturated heterocycles. The minimum atomic E-state index is -0.801. The summed E-state index contributed by atoms with van der Waals surface area (Å²) in [6.07, 6.45) is 7.04. The minimum absolute atomic E-state index is 0.126. The van der Waals surface area contributed by atoms with Crippen molar-refractivity contribution in [2.24, 2.45) is 0 Å². The lowest BCUT2D eigenvalue weighted by molar-refractivity contribution is -0.137. The van der Waals surface area contributed by atoms with Crippen molar-refractivity contribution in [2.45, 2.75) is 25.7 Å². The Labute approximate surface area is 108 Å². The first kappa shape index (κ1) is 14.5. The van der Waals surface area contributed by atoms with Gasteiger partial charge in [-0.1, -0.05) is 5.92 Å². The second-order valence-corrected chi connectivity index (χ2v) is 4.46. The van der Waals surface area contributed by atoms with Crippen LogP contribution in [0.25, 0.3) is 0 Å². The number of carboxylic acid groups (broad SMARTS) is 1. The molecule has 0 saturated carbocycles. The van der Waals surface area contributed by atoms with E-state index < -0.39 is 5.97 Å². The Morgan fingerprint density at radius 1 is 1.11 bits per heavy atom. The first-order valence-corrected chi connectivity index (χ1v) is 6.29. The lowest BCUT2D eigenvalue weighted by Gasteiger charge is -2.33. The van der Waals surface area contributed by atoms with Crippen LogP contribution >= 0.6 is 0 Å². The van der Waals surface area contributed by atoms with E-state index in [-0.39, 0.29) is 12.3 Å². The van der Waals surface area contributed by atoms with Gasteiger partial charge in [0.2, 0.25) is 5.91 Å². The second kappa shape index (κ2) is 7.72. The first-order valence-electron chi connectivity index (χ1n) is 6.29. The van der Waals surface area contributed by atoms with Gasteiger partial charge in [0.1, 0.15) is 0 Å². The van der Waals surface area contributed by atoms with Crippen molar-refractivity contribution in [2.75, 3.05) is 32.7 Å². The average Bonchev–Trinajstić information content (AvgIpc) is 2.35. The van der Waals surface area contributed by atoms with Crippen LogP contribution in [-0.2, 0) is 9.59 Å². The Balaban J connectivity index is 2.16. The van der Waals surface area contributed by atoms with E-state index in [9.17, 15) is 9.59 Å². The number of carboxylic acids is 1. The van der Waals surface area contributed by atoms with Crippen molar-refractivity contribution in [1.29, 1.82) is 0 Å². The maximum atomic E-state index is 11.8. The molecule has 0 atom stereocenters. The molecule has 1 amide bonds. The molecular formula is C13H20N2O3. The monoisotopic (exact) mass is 252 g/mol. The third-order valence-electron chi connectivity index (χ3n) is 3.07. The summed E-state index contributed by atoms with van der Waals surface area (Å²) in [5, 5.41) is 8.49. The first-order chi connectivity index (χ1) is 8.63. The number of aliphatic carboxylic acids is 1. The van der Waals surface area contributed by atoms with E-state index >= 15 is 0 Å². The number of carbonyl (C=O) groups is 2. The third kappa shape index (κ3) is 5.19. The molecule has 0 aromatic heterocycles. The molecule has 0 radical (unpaired) electrons. The van der Waals surface area contributed by atoms with Gasteiger partial charge in [-0.15, -0.1) is 6.42 Å². The number of amides is 1. The predicted octanol–water partition coefficient (Wildman–Crippen LogP) is 0.409. The zero-order valence-electron chi connectivity index (χ0n) is 10.6. The van der Waals surface area contributed by atoms with Gasteiger partial charge >= 0.3 is 5.97 Å². The highest BCUT2D eigenvalue weighted by atomic mass is 16.4. The highest BCUT2D eigenvalue weighted by molar-refractivity contribution is 5.76. The van der Waals surface area contributed by atoms with Crippen molar-refractivity contribution in [3.8, 4) is 12.3 Å². The van der Waals surface area contributed by atoms with Gasteiger partial charge in [-0.05, 0) is 12.8 Å². The van der Waals surface area contributed by atoms with Crippen LogP contribution in [0.3, 0.4) is 0 Å². The molecule has 1 N–H and O–H groups in total. The van der Waals surface area contributed by atoms with Crippen LogP contribution in [0, 0.1) is 12.3 Å². The minimum Gasteiger partial charge on any atom is -0.481 e. The number of hydrogen-bond acceptors (Lipinski definition) is 3. The summed E-state index contributed by atoms with van der Waals surface area (Å²) in [6.45, 7) is 3.73. The van der Waals surface area contributed by atoms with Crippen molar-refractivity contribution in [1.82, 2.24) is 9.80 Å². The quantitative estimate of drug-likeness (QED) is 0.549. The fourth-order valence-corrected chi connectivity index (χ4v) is 2.00. The van der Waals surface area contributed by atoms with Crippen LogP contribution in [0.5, 0.6) is 0 Å². The van der Waals surface area contributed by atoms with Crippen LogP contribution in [0.4, 0.5) is 0 Å². The van der Waals surface area contributed by atoms with Gasteiger partial charge in [0.15, 0.2) is 0 Å². The number of piperazine rings is 1.